The lowest BCUT2D eigenvalue weighted by Gasteiger charge is -2.29. The third-order valence-corrected chi connectivity index (χ3v) is 4.53. The molecule has 5 heteroatoms. The van der Waals surface area contributed by atoms with Crippen LogP contribution >= 0.6 is 23.7 Å². The zero-order valence-electron chi connectivity index (χ0n) is 11.5. The topological polar surface area (TPSA) is 42.2 Å². The van der Waals surface area contributed by atoms with Crippen LogP contribution in [0.4, 0.5) is 0 Å². The summed E-state index contributed by atoms with van der Waals surface area (Å²) < 4.78 is 0. The van der Waals surface area contributed by atoms with E-state index in [0.717, 1.165) is 32.5 Å². The Morgan fingerprint density at radius 2 is 2.00 bits per heavy atom. The van der Waals surface area contributed by atoms with Crippen molar-refractivity contribution in [2.45, 2.75) is 51.6 Å². The van der Waals surface area contributed by atoms with Crippen molar-refractivity contribution in [3.05, 3.63) is 16.1 Å². The normalized spacial score (nSPS) is 18.7. The minimum absolute atomic E-state index is 0. The second-order valence-electron chi connectivity index (χ2n) is 6.01. The van der Waals surface area contributed by atoms with Crippen molar-refractivity contribution in [3.63, 3.8) is 0 Å². The van der Waals surface area contributed by atoms with E-state index < -0.39 is 0 Å². The Morgan fingerprint density at radius 1 is 1.39 bits per heavy atom. The highest BCUT2D eigenvalue weighted by Crippen LogP contribution is 2.26. The van der Waals surface area contributed by atoms with Gasteiger partial charge in [-0.05, 0) is 12.8 Å². The van der Waals surface area contributed by atoms with Crippen molar-refractivity contribution < 1.29 is 0 Å². The van der Waals surface area contributed by atoms with Crippen molar-refractivity contribution in [3.8, 4) is 0 Å². The summed E-state index contributed by atoms with van der Waals surface area (Å²) in [6.45, 7) is 9.87. The smallest absolute Gasteiger partial charge is 0.0982 e. The molecule has 3 nitrogen and oxygen atoms in total. The highest BCUT2D eigenvalue weighted by molar-refractivity contribution is 7.09. The first kappa shape index (κ1) is 15.9. The molecule has 1 saturated heterocycles. The molecule has 0 aliphatic carbocycles. The number of nitrogens with zero attached hydrogens (tertiary/aromatic N) is 2. The Labute approximate surface area is 120 Å². The molecule has 0 spiro atoms. The van der Waals surface area contributed by atoms with E-state index in [0.29, 0.717) is 6.04 Å². The molecule has 104 valence electrons. The van der Waals surface area contributed by atoms with Gasteiger partial charge in [0.1, 0.15) is 0 Å². The predicted octanol–water partition coefficient (Wildman–Crippen LogP) is 2.79. The first-order chi connectivity index (χ1) is 7.95. The number of hydrogen-bond acceptors (Lipinski definition) is 4. The van der Waals surface area contributed by atoms with Crippen LogP contribution in [0.1, 0.15) is 44.3 Å². The zero-order valence-corrected chi connectivity index (χ0v) is 13.1. The third kappa shape index (κ3) is 4.19. The average molecular weight is 290 g/mol. The van der Waals surface area contributed by atoms with Gasteiger partial charge in [-0.3, -0.25) is 4.90 Å². The maximum Gasteiger partial charge on any atom is 0.0982 e. The van der Waals surface area contributed by atoms with Crippen LogP contribution < -0.4 is 5.73 Å². The van der Waals surface area contributed by atoms with Gasteiger partial charge in [0, 0.05) is 36.5 Å². The maximum atomic E-state index is 5.91. The van der Waals surface area contributed by atoms with Gasteiger partial charge in [0.05, 0.1) is 10.7 Å². The number of halogens is 1. The van der Waals surface area contributed by atoms with Crippen molar-refractivity contribution in [1.29, 1.82) is 0 Å². The maximum absolute atomic E-state index is 5.91. The van der Waals surface area contributed by atoms with Crippen molar-refractivity contribution in [2.75, 3.05) is 13.1 Å². The van der Waals surface area contributed by atoms with Gasteiger partial charge in [0.2, 0.25) is 0 Å². The fourth-order valence-corrected chi connectivity index (χ4v) is 2.96. The molecule has 0 radical (unpaired) electrons. The molecule has 0 saturated carbocycles. The standard InChI is InChI=1S/C13H23N3S.ClH/c1-13(2,3)12-15-11(9-17-12)8-16-6-4-10(14)5-7-16;/h9-10H,4-8,14H2,1-3H3;1H. The molecule has 0 bridgehead atoms. The van der Waals surface area contributed by atoms with Crippen LogP contribution in [0.25, 0.3) is 0 Å². The first-order valence-electron chi connectivity index (χ1n) is 6.38. The van der Waals surface area contributed by atoms with E-state index in [1.165, 1.54) is 10.7 Å². The van der Waals surface area contributed by atoms with Crippen LogP contribution in [0.5, 0.6) is 0 Å². The molecule has 2 rings (SSSR count). The largest absolute Gasteiger partial charge is 0.328 e. The number of aromatic nitrogens is 1. The van der Waals surface area contributed by atoms with Gasteiger partial charge in [0.15, 0.2) is 0 Å². The molecule has 1 aromatic rings. The number of piperidine rings is 1. The summed E-state index contributed by atoms with van der Waals surface area (Å²) in [5.41, 5.74) is 7.30. The van der Waals surface area contributed by atoms with Gasteiger partial charge in [-0.2, -0.15) is 0 Å². The van der Waals surface area contributed by atoms with Gasteiger partial charge >= 0.3 is 0 Å². The monoisotopic (exact) mass is 289 g/mol. The Morgan fingerprint density at radius 3 is 2.50 bits per heavy atom. The molecule has 2 N–H and O–H groups in total. The second-order valence-corrected chi connectivity index (χ2v) is 6.87. The molecule has 0 atom stereocenters. The molecular weight excluding hydrogens is 266 g/mol. The van der Waals surface area contributed by atoms with Gasteiger partial charge in [-0.1, -0.05) is 20.8 Å². The Hall–Kier alpha value is -0.160. The van der Waals surface area contributed by atoms with Crippen LogP contribution in [0, 0.1) is 0 Å². The summed E-state index contributed by atoms with van der Waals surface area (Å²) in [5, 5.41) is 3.44. The molecule has 18 heavy (non-hydrogen) atoms. The van der Waals surface area contributed by atoms with Crippen molar-refractivity contribution in [2.24, 2.45) is 5.73 Å². The molecule has 0 amide bonds. The van der Waals surface area contributed by atoms with Crippen molar-refractivity contribution >= 4 is 23.7 Å². The average Bonchev–Trinajstić information content (AvgIpc) is 2.69. The molecule has 1 aliphatic heterocycles. The third-order valence-electron chi connectivity index (χ3n) is 3.21. The highest BCUT2D eigenvalue weighted by atomic mass is 35.5. The first-order valence-corrected chi connectivity index (χ1v) is 7.26. The van der Waals surface area contributed by atoms with Crippen LogP contribution in [0.15, 0.2) is 5.38 Å². The van der Waals surface area contributed by atoms with Crippen LogP contribution in [0.2, 0.25) is 0 Å². The number of thiazole rings is 1. The number of rotatable bonds is 2. The number of likely N-dealkylation sites (tertiary alicyclic amines) is 1. The molecular formula is C13H24ClN3S. The predicted molar refractivity (Wildman–Crippen MR) is 80.5 cm³/mol. The van der Waals surface area contributed by atoms with Gasteiger partial charge < -0.3 is 5.73 Å². The minimum atomic E-state index is 0. The van der Waals surface area contributed by atoms with E-state index in [1.54, 1.807) is 11.3 Å². The lowest BCUT2D eigenvalue weighted by molar-refractivity contribution is 0.203. The Bertz CT molecular complexity index is 365. The second kappa shape index (κ2) is 6.33. The molecule has 0 unspecified atom stereocenters. The van der Waals surface area contributed by atoms with Crippen molar-refractivity contribution in [1.82, 2.24) is 9.88 Å². The lowest BCUT2D eigenvalue weighted by atomic mass is 9.98. The summed E-state index contributed by atoms with van der Waals surface area (Å²) in [6.07, 6.45) is 2.24. The summed E-state index contributed by atoms with van der Waals surface area (Å²) in [5.74, 6) is 0. The molecule has 1 aromatic heterocycles. The summed E-state index contributed by atoms with van der Waals surface area (Å²) >= 11 is 1.78. The highest BCUT2D eigenvalue weighted by Gasteiger charge is 2.20. The molecule has 0 aromatic carbocycles. The SMILES string of the molecule is CC(C)(C)c1nc(CN2CCC(N)CC2)cs1.Cl. The van der Waals surface area contributed by atoms with E-state index in [2.05, 4.69) is 31.1 Å². The van der Waals surface area contributed by atoms with E-state index in [1.807, 2.05) is 0 Å². The number of nitrogens with two attached hydrogens (primary N) is 1. The minimum Gasteiger partial charge on any atom is -0.328 e. The molecule has 1 fully saturated rings. The Balaban J connectivity index is 0.00000162. The van der Waals surface area contributed by atoms with Crippen LogP contribution in [-0.4, -0.2) is 29.0 Å². The van der Waals surface area contributed by atoms with Gasteiger partial charge in [-0.25, -0.2) is 4.98 Å². The van der Waals surface area contributed by atoms with E-state index in [9.17, 15) is 0 Å². The Kier molecular flexibility index (Phi) is 5.59. The van der Waals surface area contributed by atoms with E-state index in [4.69, 9.17) is 10.7 Å². The lowest BCUT2D eigenvalue weighted by Crippen LogP contribution is -2.39. The summed E-state index contributed by atoms with van der Waals surface area (Å²) in [7, 11) is 0. The van der Waals surface area contributed by atoms with E-state index in [-0.39, 0.29) is 17.8 Å². The van der Waals surface area contributed by atoms with Crippen LogP contribution in [0.3, 0.4) is 0 Å². The van der Waals surface area contributed by atoms with Gasteiger partial charge in [-0.15, -0.1) is 23.7 Å². The quantitative estimate of drug-likeness (QED) is 0.910. The summed E-state index contributed by atoms with van der Waals surface area (Å²) in [4.78, 5) is 7.20. The fourth-order valence-electron chi connectivity index (χ4n) is 2.06. The van der Waals surface area contributed by atoms with Crippen LogP contribution in [-0.2, 0) is 12.0 Å². The van der Waals surface area contributed by atoms with E-state index >= 15 is 0 Å². The molecule has 1 aliphatic rings. The summed E-state index contributed by atoms with van der Waals surface area (Å²) in [6, 6.07) is 0.409. The fraction of sp³-hybridized carbons (Fsp3) is 0.769. The zero-order chi connectivity index (χ0) is 12.5. The van der Waals surface area contributed by atoms with Gasteiger partial charge in [0.25, 0.3) is 0 Å². The number of hydrogen-bond donors (Lipinski definition) is 1. The molecule has 2 heterocycles.